The van der Waals surface area contributed by atoms with Crippen LogP contribution in [0.5, 0.6) is 0 Å². The minimum atomic E-state index is -0.891. The van der Waals surface area contributed by atoms with Gasteiger partial charge in [0, 0.05) is 19.7 Å². The van der Waals surface area contributed by atoms with E-state index in [1.165, 1.54) is 25.7 Å². The highest BCUT2D eigenvalue weighted by Crippen LogP contribution is 2.53. The van der Waals surface area contributed by atoms with Crippen LogP contribution in [0.1, 0.15) is 48.9 Å². The monoisotopic (exact) mass is 457 g/mol. The van der Waals surface area contributed by atoms with Crippen molar-refractivity contribution in [2.45, 2.75) is 44.6 Å². The van der Waals surface area contributed by atoms with Crippen LogP contribution in [0.3, 0.4) is 0 Å². The van der Waals surface area contributed by atoms with E-state index in [1.54, 1.807) is 12.1 Å². The molecule has 2 aliphatic heterocycles. The highest BCUT2D eigenvalue weighted by molar-refractivity contribution is 6.04. The van der Waals surface area contributed by atoms with Crippen molar-refractivity contribution >= 4 is 22.6 Å². The van der Waals surface area contributed by atoms with E-state index in [9.17, 15) is 9.59 Å². The molecule has 1 N–H and O–H groups in total. The minimum absolute atomic E-state index is 0.113. The van der Waals surface area contributed by atoms with Gasteiger partial charge in [-0.15, -0.1) is 0 Å². The molecule has 2 heterocycles. The summed E-state index contributed by atoms with van der Waals surface area (Å²) < 4.78 is 5.44. The van der Waals surface area contributed by atoms with Crippen molar-refractivity contribution in [3.05, 3.63) is 72.3 Å². The normalized spacial score (nSPS) is 20.6. The van der Waals surface area contributed by atoms with E-state index in [2.05, 4.69) is 0 Å². The molecule has 1 spiro atoms. The Kier molecular flexibility index (Phi) is 6.38. The van der Waals surface area contributed by atoms with Gasteiger partial charge < -0.3 is 14.7 Å². The molecule has 5 heteroatoms. The molecule has 3 aliphatic rings. The number of nitrogens with zero attached hydrogens (tertiary/aromatic N) is 1. The Labute approximate surface area is 200 Å². The Morgan fingerprint density at radius 3 is 2.29 bits per heavy atom. The van der Waals surface area contributed by atoms with Crippen molar-refractivity contribution in [1.82, 2.24) is 4.90 Å². The summed E-state index contributed by atoms with van der Waals surface area (Å²) in [6.07, 6.45) is 7.12. The van der Waals surface area contributed by atoms with Crippen LogP contribution in [0.25, 0.3) is 21.9 Å². The van der Waals surface area contributed by atoms with E-state index >= 15 is 0 Å². The smallest absolute Gasteiger partial charge is 0.336 e. The number of carbonyl (C=O) groups excluding carboxylic acids is 1. The van der Waals surface area contributed by atoms with Crippen molar-refractivity contribution in [2.24, 2.45) is 5.41 Å². The minimum Gasteiger partial charge on any atom is -0.478 e. The van der Waals surface area contributed by atoms with Gasteiger partial charge in [0.2, 0.25) is 0 Å². The number of hydrogen-bond donors (Lipinski definition) is 1. The molecule has 3 aromatic rings. The molecule has 34 heavy (non-hydrogen) atoms. The summed E-state index contributed by atoms with van der Waals surface area (Å²) >= 11 is 0. The summed E-state index contributed by atoms with van der Waals surface area (Å²) in [5, 5.41) is 10.9. The summed E-state index contributed by atoms with van der Waals surface area (Å²) in [7, 11) is 0. The van der Waals surface area contributed by atoms with E-state index < -0.39 is 5.97 Å². The number of likely N-dealkylation sites (tertiary alicyclic amines) is 1. The fourth-order valence-electron chi connectivity index (χ4n) is 5.13. The molecule has 2 saturated heterocycles. The number of fused-ring (bicyclic) bond motifs is 1. The maximum absolute atomic E-state index is 12.0. The van der Waals surface area contributed by atoms with Gasteiger partial charge in [0.1, 0.15) is 6.10 Å². The average Bonchev–Trinajstić information content (AvgIpc) is 3.40. The fourth-order valence-corrected chi connectivity index (χ4v) is 5.13. The van der Waals surface area contributed by atoms with Gasteiger partial charge in [-0.3, -0.25) is 4.79 Å². The summed E-state index contributed by atoms with van der Waals surface area (Å²) in [5.41, 5.74) is 3.23. The molecule has 6 rings (SSSR count). The number of amides is 1. The van der Waals surface area contributed by atoms with Crippen LogP contribution >= 0.6 is 0 Å². The zero-order valence-corrected chi connectivity index (χ0v) is 19.4. The molecule has 1 aliphatic carbocycles. The largest absolute Gasteiger partial charge is 0.478 e. The molecular weight excluding hydrogens is 426 g/mol. The Morgan fingerprint density at radius 2 is 1.65 bits per heavy atom. The molecule has 3 fully saturated rings. The van der Waals surface area contributed by atoms with Crippen molar-refractivity contribution in [3.8, 4) is 11.1 Å². The Bertz CT molecular complexity index is 1170. The van der Waals surface area contributed by atoms with Gasteiger partial charge in [0.05, 0.1) is 5.56 Å². The second-order valence-electron chi connectivity index (χ2n) is 9.74. The summed E-state index contributed by atoms with van der Waals surface area (Å²) in [4.78, 5) is 25.2. The summed E-state index contributed by atoms with van der Waals surface area (Å²) in [6.45, 7) is 2.71. The van der Waals surface area contributed by atoms with Crippen molar-refractivity contribution in [3.63, 3.8) is 0 Å². The van der Waals surface area contributed by atoms with Gasteiger partial charge in [-0.05, 0) is 78.0 Å². The van der Waals surface area contributed by atoms with Gasteiger partial charge in [0.25, 0.3) is 5.91 Å². The molecule has 5 nitrogen and oxygen atoms in total. The first-order valence-corrected chi connectivity index (χ1v) is 12.3. The highest BCUT2D eigenvalue weighted by Gasteiger charge is 2.45. The van der Waals surface area contributed by atoms with E-state index in [0.717, 1.165) is 54.4 Å². The number of carboxylic acid groups (broad SMARTS) is 1. The summed E-state index contributed by atoms with van der Waals surface area (Å²) in [6, 6.07) is 21.3. The summed E-state index contributed by atoms with van der Waals surface area (Å²) in [5.74, 6) is -0.638. The van der Waals surface area contributed by atoms with Crippen LogP contribution in [0.15, 0.2) is 66.7 Å². The molecule has 0 bridgehead atoms. The lowest BCUT2D eigenvalue weighted by Gasteiger charge is -2.33. The molecule has 3 aromatic carbocycles. The standard InChI is InChI=1S/C17H12O2.C12H19NO2/c18-17(19)16-8-4-7-14-11-13(9-10-15(14)16)12-5-2-1-3-6-12;14-11(10-2-1-9-15-10)13-7-5-12(3-4-12)6-8-13/h1-11H,(H,18,19);10H,1-9H2. The molecular formula is C29H31NO4. The first kappa shape index (κ1) is 22.6. The van der Waals surface area contributed by atoms with Gasteiger partial charge in [0.15, 0.2) is 0 Å². The number of carbonyl (C=O) groups is 2. The van der Waals surface area contributed by atoms with Crippen molar-refractivity contribution in [2.75, 3.05) is 19.7 Å². The highest BCUT2D eigenvalue weighted by atomic mass is 16.5. The van der Waals surface area contributed by atoms with Crippen LogP contribution in [0.4, 0.5) is 0 Å². The lowest BCUT2D eigenvalue weighted by Crippen LogP contribution is -2.44. The number of rotatable bonds is 3. The van der Waals surface area contributed by atoms with Crippen molar-refractivity contribution < 1.29 is 19.4 Å². The van der Waals surface area contributed by atoms with Gasteiger partial charge in [-0.2, -0.15) is 0 Å². The number of hydrogen-bond acceptors (Lipinski definition) is 3. The maximum atomic E-state index is 12.0. The third-order valence-electron chi connectivity index (χ3n) is 7.52. The lowest BCUT2D eigenvalue weighted by molar-refractivity contribution is -0.142. The number of ether oxygens (including phenoxy) is 1. The predicted molar refractivity (Wildman–Crippen MR) is 133 cm³/mol. The molecule has 1 atom stereocenters. The fraction of sp³-hybridized carbons (Fsp3) is 0.379. The van der Waals surface area contributed by atoms with E-state index in [-0.39, 0.29) is 12.0 Å². The molecule has 1 saturated carbocycles. The van der Waals surface area contributed by atoms with Gasteiger partial charge in [-0.25, -0.2) is 4.79 Å². The van der Waals surface area contributed by atoms with Gasteiger partial charge >= 0.3 is 5.97 Å². The van der Waals surface area contributed by atoms with Crippen LogP contribution in [-0.2, 0) is 9.53 Å². The lowest BCUT2D eigenvalue weighted by atomic mass is 9.93. The Morgan fingerprint density at radius 1 is 0.882 bits per heavy atom. The van der Waals surface area contributed by atoms with Crippen LogP contribution in [0, 0.1) is 5.41 Å². The Hall–Kier alpha value is -3.18. The topological polar surface area (TPSA) is 66.8 Å². The number of piperidine rings is 1. The average molecular weight is 458 g/mol. The first-order chi connectivity index (χ1) is 16.5. The predicted octanol–water partition coefficient (Wildman–Crippen LogP) is 5.77. The second-order valence-corrected chi connectivity index (χ2v) is 9.74. The number of benzene rings is 3. The van der Waals surface area contributed by atoms with E-state index in [4.69, 9.17) is 9.84 Å². The third kappa shape index (κ3) is 4.85. The van der Waals surface area contributed by atoms with Crippen LogP contribution in [0.2, 0.25) is 0 Å². The maximum Gasteiger partial charge on any atom is 0.336 e. The molecule has 1 amide bonds. The molecule has 1 unspecified atom stereocenters. The number of carboxylic acids is 1. The van der Waals surface area contributed by atoms with E-state index in [1.807, 2.05) is 59.5 Å². The van der Waals surface area contributed by atoms with Crippen molar-refractivity contribution in [1.29, 1.82) is 0 Å². The van der Waals surface area contributed by atoms with E-state index in [0.29, 0.717) is 11.0 Å². The SMILES string of the molecule is O=C(C1CCCO1)N1CCC2(CC1)CC2.O=C(O)c1cccc2cc(-c3ccccc3)ccc12. The zero-order chi connectivity index (χ0) is 23.5. The zero-order valence-electron chi connectivity index (χ0n) is 19.4. The molecule has 0 radical (unpaired) electrons. The second kappa shape index (κ2) is 9.59. The number of aromatic carboxylic acids is 1. The quantitative estimate of drug-likeness (QED) is 0.542. The first-order valence-electron chi connectivity index (χ1n) is 12.3. The van der Waals surface area contributed by atoms with Gasteiger partial charge in [-0.1, -0.05) is 54.6 Å². The third-order valence-corrected chi connectivity index (χ3v) is 7.52. The Balaban J connectivity index is 0.000000145. The van der Waals surface area contributed by atoms with Crippen LogP contribution < -0.4 is 0 Å². The molecule has 0 aromatic heterocycles. The van der Waals surface area contributed by atoms with Crippen LogP contribution in [-0.4, -0.2) is 47.7 Å². The molecule has 176 valence electrons.